The van der Waals surface area contributed by atoms with E-state index in [-0.39, 0.29) is 5.75 Å². The summed E-state index contributed by atoms with van der Waals surface area (Å²) in [6.07, 6.45) is 8.80. The number of rotatable bonds is 4. The van der Waals surface area contributed by atoms with Gasteiger partial charge in [0.2, 0.25) is 5.16 Å². The van der Waals surface area contributed by atoms with Crippen LogP contribution in [0.2, 0.25) is 0 Å². The largest absolute Gasteiger partial charge is 0.507 e. The van der Waals surface area contributed by atoms with E-state index in [9.17, 15) is 5.11 Å². The van der Waals surface area contributed by atoms with E-state index in [2.05, 4.69) is 20.2 Å². The maximum Gasteiger partial charge on any atom is 0.209 e. The Morgan fingerprint density at radius 2 is 2.12 bits per heavy atom. The summed E-state index contributed by atoms with van der Waals surface area (Å²) in [6.45, 7) is 0. The highest BCUT2D eigenvalue weighted by molar-refractivity contribution is 7.99. The molecule has 0 atom stereocenters. The second kappa shape index (κ2) is 6.21. The molecule has 1 aliphatic rings. The number of thioether (sulfide) groups is 1. The number of hydrogen-bond donors (Lipinski definition) is 2. The van der Waals surface area contributed by atoms with Crippen LogP contribution in [0.5, 0.6) is 5.75 Å². The Kier molecular flexibility index (Phi) is 3.91. The van der Waals surface area contributed by atoms with E-state index in [1.54, 1.807) is 42.6 Å². The molecule has 3 aromatic rings. The highest BCUT2D eigenvalue weighted by Gasteiger charge is 2.27. The summed E-state index contributed by atoms with van der Waals surface area (Å²) in [7, 11) is 0. The van der Waals surface area contributed by atoms with Gasteiger partial charge in [-0.1, -0.05) is 11.8 Å². The molecule has 0 radical (unpaired) electrons. The topological polar surface area (TPSA) is 103 Å². The monoisotopic (exact) mass is 340 g/mol. The Hall–Kier alpha value is -2.45. The molecule has 4 rings (SSSR count). The van der Waals surface area contributed by atoms with Gasteiger partial charge in [-0.2, -0.15) is 0 Å². The Morgan fingerprint density at radius 1 is 1.25 bits per heavy atom. The van der Waals surface area contributed by atoms with E-state index in [0.29, 0.717) is 27.7 Å². The van der Waals surface area contributed by atoms with Gasteiger partial charge in [0.25, 0.3) is 0 Å². The summed E-state index contributed by atoms with van der Waals surface area (Å²) >= 11 is 1.61. The zero-order valence-corrected chi connectivity index (χ0v) is 13.6. The van der Waals surface area contributed by atoms with Crippen molar-refractivity contribution in [1.82, 2.24) is 24.7 Å². The molecule has 1 saturated carbocycles. The minimum atomic E-state index is 0.127. The lowest BCUT2D eigenvalue weighted by Gasteiger charge is -2.30. The quantitative estimate of drug-likeness (QED) is 0.749. The maximum atomic E-state index is 10.3. The molecule has 1 aliphatic carbocycles. The highest BCUT2D eigenvalue weighted by Crippen LogP contribution is 2.34. The van der Waals surface area contributed by atoms with Gasteiger partial charge in [-0.05, 0) is 25.0 Å². The van der Waals surface area contributed by atoms with Gasteiger partial charge < -0.3 is 15.4 Å². The van der Waals surface area contributed by atoms with Crippen LogP contribution >= 0.6 is 11.8 Å². The smallest absolute Gasteiger partial charge is 0.209 e. The molecule has 2 aromatic heterocycles. The van der Waals surface area contributed by atoms with Gasteiger partial charge in [-0.25, -0.2) is 9.97 Å². The fourth-order valence-electron chi connectivity index (χ4n) is 2.60. The molecule has 0 bridgehead atoms. The van der Waals surface area contributed by atoms with Gasteiger partial charge in [0.05, 0.1) is 18.2 Å². The summed E-state index contributed by atoms with van der Waals surface area (Å²) in [5.41, 5.74) is 7.75. The number of aromatic hydroxyl groups is 1. The minimum absolute atomic E-state index is 0.127. The van der Waals surface area contributed by atoms with Crippen molar-refractivity contribution in [1.29, 1.82) is 0 Å². The van der Waals surface area contributed by atoms with Crippen molar-refractivity contribution in [2.45, 2.75) is 29.3 Å². The fraction of sp³-hybridized carbons (Fsp3) is 0.250. The van der Waals surface area contributed by atoms with Crippen molar-refractivity contribution < 1.29 is 5.11 Å². The first-order valence-electron chi connectivity index (χ1n) is 7.63. The zero-order chi connectivity index (χ0) is 16.5. The Balaban J connectivity index is 1.53. The first-order chi connectivity index (χ1) is 11.7. The van der Waals surface area contributed by atoms with Crippen LogP contribution in [-0.2, 0) is 0 Å². The van der Waals surface area contributed by atoms with Crippen LogP contribution < -0.4 is 5.73 Å². The first-order valence-corrected chi connectivity index (χ1v) is 8.50. The number of nitrogens with zero attached hydrogens (tertiary/aromatic N) is 5. The summed E-state index contributed by atoms with van der Waals surface area (Å²) in [5, 5.41) is 19.8. The van der Waals surface area contributed by atoms with Gasteiger partial charge in [0, 0.05) is 35.3 Å². The molecule has 0 amide bonds. The summed E-state index contributed by atoms with van der Waals surface area (Å²) in [4.78, 5) is 8.33. The van der Waals surface area contributed by atoms with Gasteiger partial charge >= 0.3 is 0 Å². The van der Waals surface area contributed by atoms with Gasteiger partial charge in [-0.15, -0.1) is 10.2 Å². The van der Waals surface area contributed by atoms with Crippen LogP contribution in [0.1, 0.15) is 12.8 Å². The molecule has 3 N–H and O–H groups in total. The fourth-order valence-corrected chi connectivity index (χ4v) is 3.79. The minimum Gasteiger partial charge on any atom is -0.507 e. The average Bonchev–Trinajstić information content (AvgIpc) is 3.09. The number of aromatic nitrogens is 5. The van der Waals surface area contributed by atoms with Crippen molar-refractivity contribution in [3.05, 3.63) is 43.1 Å². The normalized spacial score (nSPS) is 19.9. The number of phenols is 1. The van der Waals surface area contributed by atoms with Crippen molar-refractivity contribution in [3.8, 4) is 22.7 Å². The SMILES string of the molecule is NC1CC(Sc2ncc(-c3ccc(-n4ccnc4)cc3O)nn2)C1. The van der Waals surface area contributed by atoms with E-state index >= 15 is 0 Å². The van der Waals surface area contributed by atoms with Crippen LogP contribution in [0.3, 0.4) is 0 Å². The molecule has 1 aromatic carbocycles. The Labute approximate surface area is 143 Å². The molecule has 0 spiro atoms. The molecule has 1 fully saturated rings. The van der Waals surface area contributed by atoms with Crippen LogP contribution in [-0.4, -0.2) is 41.1 Å². The third kappa shape index (κ3) is 2.98. The molecule has 0 saturated heterocycles. The number of phenolic OH excluding ortho intramolecular Hbond substituents is 1. The first kappa shape index (κ1) is 15.1. The van der Waals surface area contributed by atoms with Crippen LogP contribution in [0.25, 0.3) is 16.9 Å². The Bertz CT molecular complexity index is 830. The van der Waals surface area contributed by atoms with Crippen molar-refractivity contribution in [3.63, 3.8) is 0 Å². The maximum absolute atomic E-state index is 10.3. The number of benzene rings is 1. The van der Waals surface area contributed by atoms with E-state index in [4.69, 9.17) is 5.73 Å². The predicted molar refractivity (Wildman–Crippen MR) is 90.9 cm³/mol. The molecule has 7 nitrogen and oxygen atoms in total. The van der Waals surface area contributed by atoms with Crippen LogP contribution in [0.4, 0.5) is 0 Å². The van der Waals surface area contributed by atoms with Gasteiger partial charge in [0.15, 0.2) is 0 Å². The van der Waals surface area contributed by atoms with Crippen molar-refractivity contribution in [2.75, 3.05) is 0 Å². The molecule has 8 heteroatoms. The summed E-state index contributed by atoms with van der Waals surface area (Å²) in [6, 6.07) is 5.66. The third-order valence-corrected chi connectivity index (χ3v) is 5.12. The van der Waals surface area contributed by atoms with Gasteiger partial charge in [-0.3, -0.25) is 0 Å². The zero-order valence-electron chi connectivity index (χ0n) is 12.8. The molecular formula is C16H16N6OS. The van der Waals surface area contributed by atoms with E-state index in [1.165, 1.54) is 0 Å². The molecule has 0 unspecified atom stereocenters. The van der Waals surface area contributed by atoms with Crippen LogP contribution in [0.15, 0.2) is 48.3 Å². The molecule has 2 heterocycles. The lowest BCUT2D eigenvalue weighted by Crippen LogP contribution is -2.38. The second-order valence-corrected chi connectivity index (χ2v) is 7.04. The van der Waals surface area contributed by atoms with Gasteiger partial charge in [0.1, 0.15) is 11.4 Å². The summed E-state index contributed by atoms with van der Waals surface area (Å²) < 4.78 is 1.82. The second-order valence-electron chi connectivity index (χ2n) is 5.77. The third-order valence-electron chi connectivity index (χ3n) is 4.00. The number of hydrogen-bond acceptors (Lipinski definition) is 7. The van der Waals surface area contributed by atoms with E-state index < -0.39 is 0 Å². The highest BCUT2D eigenvalue weighted by atomic mass is 32.2. The van der Waals surface area contributed by atoms with Crippen molar-refractivity contribution in [2.24, 2.45) is 5.73 Å². The lowest BCUT2D eigenvalue weighted by atomic mass is 9.94. The average molecular weight is 340 g/mol. The summed E-state index contributed by atoms with van der Waals surface area (Å²) in [5.74, 6) is 0.127. The standard InChI is InChI=1S/C16H16N6OS/c17-10-5-12(6-10)24-16-19-8-14(20-21-16)13-2-1-11(7-15(13)23)22-4-3-18-9-22/h1-4,7-10,12,23H,5-6,17H2. The number of imidazole rings is 1. The number of nitrogens with two attached hydrogens (primary N) is 1. The Morgan fingerprint density at radius 3 is 2.75 bits per heavy atom. The van der Waals surface area contributed by atoms with Crippen molar-refractivity contribution >= 4 is 11.8 Å². The molecule has 24 heavy (non-hydrogen) atoms. The lowest BCUT2D eigenvalue weighted by molar-refractivity contribution is 0.432. The molecule has 122 valence electrons. The van der Waals surface area contributed by atoms with E-state index in [0.717, 1.165) is 18.5 Å². The van der Waals surface area contributed by atoms with E-state index in [1.807, 2.05) is 16.8 Å². The molecule has 0 aliphatic heterocycles. The predicted octanol–water partition coefficient (Wildman–Crippen LogP) is 2.01. The van der Waals surface area contributed by atoms with Crippen LogP contribution in [0, 0.1) is 0 Å². The molecular weight excluding hydrogens is 324 g/mol.